The van der Waals surface area contributed by atoms with Crippen molar-refractivity contribution < 1.29 is 98.1 Å². The molecule has 4 rings (SSSR count). The van der Waals surface area contributed by atoms with Crippen molar-refractivity contribution in [3.05, 3.63) is 65.9 Å². The normalized spacial score (nSPS) is 16.6. The Hall–Kier alpha value is -9.39. The number of amides is 12. The Kier molecular flexibility index (Phi) is 32.0. The number of primary amides is 1. The number of unbranched alkanes of at least 4 members (excludes halogenated alkanes) is 1. The minimum atomic E-state index is -1.83. The van der Waals surface area contributed by atoms with E-state index in [-0.39, 0.29) is 63.3 Å². The molecule has 530 valence electrons. The van der Waals surface area contributed by atoms with E-state index < -0.39 is 195 Å². The largest absolute Gasteiger partial charge is 0.508 e. The molecule has 0 bridgehead atoms. The van der Waals surface area contributed by atoms with Gasteiger partial charge in [0.2, 0.25) is 70.9 Å². The number of aromatic amines is 1. The number of hydrogen-bond acceptors (Lipinski definition) is 21. The van der Waals surface area contributed by atoms with E-state index in [2.05, 4.69) is 58.2 Å². The number of H-pyrrole nitrogens is 1. The minimum absolute atomic E-state index is 0.0264. The van der Waals surface area contributed by atoms with Gasteiger partial charge in [0.1, 0.15) is 72.2 Å². The fourth-order valence-electron chi connectivity index (χ4n) is 10.2. The number of benzene rings is 2. The highest BCUT2D eigenvalue weighted by Crippen LogP contribution is 2.22. The van der Waals surface area contributed by atoms with Gasteiger partial charge < -0.3 is 116 Å². The van der Waals surface area contributed by atoms with Crippen molar-refractivity contribution in [2.24, 2.45) is 23.1 Å². The van der Waals surface area contributed by atoms with Crippen LogP contribution >= 0.6 is 0 Å². The summed E-state index contributed by atoms with van der Waals surface area (Å²) in [7, 11) is 0. The van der Waals surface area contributed by atoms with Gasteiger partial charge in [0.05, 0.1) is 38.6 Å². The van der Waals surface area contributed by atoms with Crippen LogP contribution in [0.5, 0.6) is 5.75 Å². The summed E-state index contributed by atoms with van der Waals surface area (Å²) in [5.41, 5.74) is 18.1. The number of likely N-dealkylation sites (tertiary alicyclic amines) is 1. The molecule has 0 saturated carbocycles. The molecule has 0 unspecified atom stereocenters. The van der Waals surface area contributed by atoms with Gasteiger partial charge in [0, 0.05) is 42.9 Å². The standard InChI is InChI=1S/C61H91N15O20/c1-30(2)22-41(71-59(93)49(31(3)80)74-56(90)43(69-51(85)37(63)27-77)24-34-25-65-38-11-6-5-10-36(34)38)54(88)70-42(23-33-14-16-35(82)17-15-33)55(89)75-50(32(4)81)60(94)76-21-9-13-46(76)58(92)73-44(28-78)52(86)66-26-48(84)67-39(18-19-47(64)83)53(87)72-45(29-79)57(91)68-40(61(95)96)12-7-8-20-62/h5-6,10-11,14-17,25,30-32,37,39-46,49-50,65,77-82H,7-9,12-13,18-24,26-29,62-63H2,1-4H3,(H2,64,83)(H,66,86)(H,67,84)(H,68,91)(H,69,85)(H,70,88)(H,71,93)(H,72,87)(H,73,92)(H,74,90)(H,75,89)(H,95,96)/t31-,32-,37+,39+,40+,41+,42+,43+,44+,45+,46+,49+,50+/m1/s1. The fraction of sp³-hybridized carbons (Fsp3) is 0.557. The number of aliphatic hydroxyl groups is 5. The number of carboxylic acid groups (broad SMARTS) is 1. The first kappa shape index (κ1) is 79.1. The van der Waals surface area contributed by atoms with E-state index in [4.69, 9.17) is 17.2 Å². The molecule has 96 heavy (non-hydrogen) atoms. The Balaban J connectivity index is 1.48. The van der Waals surface area contributed by atoms with Gasteiger partial charge in [-0.05, 0) is 101 Å². The summed E-state index contributed by atoms with van der Waals surface area (Å²) in [5.74, 6) is -14.2. The summed E-state index contributed by atoms with van der Waals surface area (Å²) >= 11 is 0. The lowest BCUT2D eigenvalue weighted by Gasteiger charge is -2.32. The van der Waals surface area contributed by atoms with Crippen molar-refractivity contribution in [1.29, 1.82) is 0 Å². The van der Waals surface area contributed by atoms with Crippen LogP contribution in [0.15, 0.2) is 54.7 Å². The number of carbonyl (C=O) groups excluding carboxylic acids is 12. The van der Waals surface area contributed by atoms with Crippen molar-refractivity contribution in [2.45, 2.75) is 171 Å². The van der Waals surface area contributed by atoms with Crippen molar-refractivity contribution in [3.8, 4) is 5.75 Å². The van der Waals surface area contributed by atoms with Crippen LogP contribution in [-0.2, 0) is 75.2 Å². The molecule has 35 nitrogen and oxygen atoms in total. The van der Waals surface area contributed by atoms with E-state index in [1.165, 1.54) is 31.2 Å². The zero-order chi connectivity index (χ0) is 71.5. The van der Waals surface area contributed by atoms with Crippen LogP contribution < -0.4 is 70.4 Å². The van der Waals surface area contributed by atoms with Crippen LogP contribution in [0.25, 0.3) is 10.9 Å². The number of nitrogens with zero attached hydrogens (tertiary/aromatic N) is 1. The second kappa shape index (κ2) is 38.8. The molecule has 1 aromatic heterocycles. The SMILES string of the molecule is CC(C)C[C@H](NC(=O)[C@@H](NC(=O)[C@H](Cc1c[nH]c2ccccc12)NC(=O)[C@@H](N)CO)[C@@H](C)O)C(=O)N[C@@H](Cc1ccc(O)cc1)C(=O)N[C@H](C(=O)N1CCC[C@H]1C(=O)N[C@@H](CO)C(=O)NCC(=O)N[C@@H](CCC(N)=O)C(=O)N[C@@H](CO)C(=O)N[C@@H](CCCCN)C(=O)O)[C@@H](C)O. The lowest BCUT2D eigenvalue weighted by atomic mass is 9.99. The first-order chi connectivity index (χ1) is 45.4. The summed E-state index contributed by atoms with van der Waals surface area (Å²) < 4.78 is 0. The maximum atomic E-state index is 14.5. The van der Waals surface area contributed by atoms with Gasteiger partial charge in [-0.25, -0.2) is 4.79 Å². The first-order valence-corrected chi connectivity index (χ1v) is 31.2. The molecule has 1 aliphatic heterocycles. The molecule has 1 fully saturated rings. The Morgan fingerprint density at radius 1 is 0.604 bits per heavy atom. The van der Waals surface area contributed by atoms with Crippen LogP contribution in [0.1, 0.15) is 90.2 Å². The molecular formula is C61H91N15O20. The number of aliphatic hydroxyl groups excluding tert-OH is 5. The summed E-state index contributed by atoms with van der Waals surface area (Å²) in [5, 5.41) is 95.7. The third-order valence-electron chi connectivity index (χ3n) is 15.5. The fourth-order valence-corrected chi connectivity index (χ4v) is 10.2. The Bertz CT molecular complexity index is 3180. The van der Waals surface area contributed by atoms with E-state index in [0.29, 0.717) is 34.9 Å². The minimum Gasteiger partial charge on any atom is -0.508 e. The maximum absolute atomic E-state index is 14.5. The highest BCUT2D eigenvalue weighted by atomic mass is 16.4. The average Bonchev–Trinajstić information content (AvgIpc) is 1.71. The van der Waals surface area contributed by atoms with Crippen LogP contribution in [0, 0.1) is 5.92 Å². The number of hydrogen-bond donors (Lipinski definition) is 21. The van der Waals surface area contributed by atoms with Gasteiger partial charge in [-0.3, -0.25) is 57.5 Å². The third-order valence-corrected chi connectivity index (χ3v) is 15.5. The summed E-state index contributed by atoms with van der Waals surface area (Å²) in [4.78, 5) is 179. The van der Waals surface area contributed by atoms with Gasteiger partial charge in [-0.2, -0.15) is 0 Å². The van der Waals surface area contributed by atoms with Crippen LogP contribution in [0.3, 0.4) is 0 Å². The molecule has 12 amide bonds. The molecule has 35 heteroatoms. The molecule has 1 aliphatic rings. The van der Waals surface area contributed by atoms with Crippen molar-refractivity contribution in [1.82, 2.24) is 63.1 Å². The van der Waals surface area contributed by atoms with E-state index in [1.54, 1.807) is 44.3 Å². The highest BCUT2D eigenvalue weighted by Gasteiger charge is 2.42. The first-order valence-electron chi connectivity index (χ1n) is 31.2. The van der Waals surface area contributed by atoms with Crippen LogP contribution in [0.4, 0.5) is 0 Å². The molecule has 2 heterocycles. The van der Waals surface area contributed by atoms with E-state index >= 15 is 0 Å². The van der Waals surface area contributed by atoms with E-state index in [0.717, 1.165) is 11.8 Å². The topological polar surface area (TPSA) is 581 Å². The third kappa shape index (κ3) is 24.4. The number of para-hydroxylation sites is 1. The number of nitrogens with one attached hydrogen (secondary N) is 11. The molecule has 0 spiro atoms. The summed E-state index contributed by atoms with van der Waals surface area (Å²) in [6.45, 7) is 2.10. The van der Waals surface area contributed by atoms with Gasteiger partial charge in [0.25, 0.3) is 0 Å². The molecule has 0 aliphatic carbocycles. The van der Waals surface area contributed by atoms with Gasteiger partial charge in [-0.15, -0.1) is 0 Å². The van der Waals surface area contributed by atoms with Gasteiger partial charge >= 0.3 is 5.97 Å². The number of phenols is 1. The predicted molar refractivity (Wildman–Crippen MR) is 340 cm³/mol. The van der Waals surface area contributed by atoms with Crippen molar-refractivity contribution >= 4 is 87.8 Å². The molecule has 3 aromatic rings. The lowest BCUT2D eigenvalue weighted by Crippen LogP contribution is -2.63. The van der Waals surface area contributed by atoms with Gasteiger partial charge in [0.15, 0.2) is 0 Å². The van der Waals surface area contributed by atoms with E-state index in [9.17, 15) is 98.1 Å². The van der Waals surface area contributed by atoms with Crippen LogP contribution in [0.2, 0.25) is 0 Å². The number of aromatic nitrogens is 1. The van der Waals surface area contributed by atoms with Crippen molar-refractivity contribution in [2.75, 3.05) is 39.5 Å². The highest BCUT2D eigenvalue weighted by molar-refractivity contribution is 6.00. The molecule has 0 radical (unpaired) electrons. The quantitative estimate of drug-likeness (QED) is 0.0235. The second-order valence-corrected chi connectivity index (χ2v) is 23.7. The maximum Gasteiger partial charge on any atom is 0.326 e. The zero-order valence-electron chi connectivity index (χ0n) is 53.7. The smallest absolute Gasteiger partial charge is 0.326 e. The Morgan fingerprint density at radius 2 is 1.16 bits per heavy atom. The summed E-state index contributed by atoms with van der Waals surface area (Å²) in [6, 6.07) is -4.96. The van der Waals surface area contributed by atoms with Gasteiger partial charge in [-0.1, -0.05) is 44.2 Å². The van der Waals surface area contributed by atoms with Crippen molar-refractivity contribution in [3.63, 3.8) is 0 Å². The van der Waals surface area contributed by atoms with E-state index in [1.807, 2.05) is 0 Å². The summed E-state index contributed by atoms with van der Waals surface area (Å²) in [6.07, 6.45) is -2.33. The predicted octanol–water partition coefficient (Wildman–Crippen LogP) is -7.28. The Morgan fingerprint density at radius 3 is 1.75 bits per heavy atom. The number of phenolic OH excluding ortho intramolecular Hbond substituents is 1. The lowest BCUT2D eigenvalue weighted by molar-refractivity contribution is -0.145. The second-order valence-electron chi connectivity index (χ2n) is 23.7. The number of fused-ring (bicyclic) bond motifs is 1. The molecule has 1 saturated heterocycles. The van der Waals surface area contributed by atoms with Crippen LogP contribution in [-0.4, -0.2) is 241 Å². The number of carbonyl (C=O) groups is 13. The number of carboxylic acids is 1. The molecule has 13 atom stereocenters. The number of aromatic hydroxyl groups is 1. The average molecular weight is 1350 g/mol. The zero-order valence-corrected chi connectivity index (χ0v) is 53.7. The molecule has 24 N–H and O–H groups in total. The molecular weight excluding hydrogens is 1260 g/mol. The Labute approximate surface area is 551 Å². The number of nitrogens with two attached hydrogens (primary N) is 3. The monoisotopic (exact) mass is 1350 g/mol. The number of rotatable bonds is 40. The molecule has 2 aromatic carbocycles. The number of aliphatic carboxylic acids is 1.